The maximum atomic E-state index is 12.3. The third-order valence-corrected chi connectivity index (χ3v) is 4.30. The molecule has 0 bridgehead atoms. The summed E-state index contributed by atoms with van der Waals surface area (Å²) in [6.07, 6.45) is 3.92. The van der Waals surface area contributed by atoms with Gasteiger partial charge in [0, 0.05) is 17.6 Å². The number of alkyl halides is 1. The van der Waals surface area contributed by atoms with Gasteiger partial charge >= 0.3 is 0 Å². The minimum absolute atomic E-state index is 0.00815. The zero-order valence-corrected chi connectivity index (χ0v) is 13.5. The molecule has 0 aromatic heterocycles. The van der Waals surface area contributed by atoms with E-state index in [1.165, 1.54) is 5.56 Å². The molecule has 1 saturated heterocycles. The van der Waals surface area contributed by atoms with Crippen molar-refractivity contribution in [2.45, 2.75) is 38.7 Å². The molecule has 1 aliphatic rings. The van der Waals surface area contributed by atoms with Crippen LogP contribution in [0.4, 0.5) is 5.69 Å². The van der Waals surface area contributed by atoms with Crippen LogP contribution >= 0.6 is 15.9 Å². The smallest absolute Gasteiger partial charge is 0.230 e. The van der Waals surface area contributed by atoms with Crippen LogP contribution in [-0.4, -0.2) is 23.9 Å². The zero-order chi connectivity index (χ0) is 14.4. The standard InChI is InChI=1S/C16H22BrNO2/c1-2-15-14(8-10-20-15)16(19)18-13-7-3-5-12(11-13)6-4-9-17/h3,5,7,11,14-15H,2,4,6,8-10H2,1H3,(H,18,19). The van der Waals surface area contributed by atoms with Crippen molar-refractivity contribution >= 4 is 27.5 Å². The van der Waals surface area contributed by atoms with Crippen molar-refractivity contribution in [3.8, 4) is 0 Å². The summed E-state index contributed by atoms with van der Waals surface area (Å²) in [5, 5.41) is 4.04. The molecule has 1 fully saturated rings. The third kappa shape index (κ3) is 4.06. The molecule has 1 heterocycles. The third-order valence-electron chi connectivity index (χ3n) is 3.74. The fraction of sp³-hybridized carbons (Fsp3) is 0.562. The molecule has 0 aliphatic carbocycles. The van der Waals surface area contributed by atoms with Gasteiger partial charge in [0.2, 0.25) is 5.91 Å². The molecule has 4 heteroatoms. The van der Waals surface area contributed by atoms with E-state index in [0.29, 0.717) is 6.61 Å². The first-order valence-corrected chi connectivity index (χ1v) is 8.44. The molecule has 0 saturated carbocycles. The van der Waals surface area contributed by atoms with Gasteiger partial charge in [0.1, 0.15) is 0 Å². The Labute approximate surface area is 129 Å². The first kappa shape index (κ1) is 15.5. The van der Waals surface area contributed by atoms with Gasteiger partial charge in [0.05, 0.1) is 12.0 Å². The van der Waals surface area contributed by atoms with E-state index in [1.807, 2.05) is 12.1 Å². The fourth-order valence-electron chi connectivity index (χ4n) is 2.66. The highest BCUT2D eigenvalue weighted by Gasteiger charge is 2.32. The van der Waals surface area contributed by atoms with Gasteiger partial charge in [-0.15, -0.1) is 0 Å². The van der Waals surface area contributed by atoms with E-state index < -0.39 is 0 Å². The second kappa shape index (κ2) is 7.79. The van der Waals surface area contributed by atoms with Gasteiger partial charge in [-0.2, -0.15) is 0 Å². The number of nitrogens with one attached hydrogen (secondary N) is 1. The molecule has 0 spiro atoms. The van der Waals surface area contributed by atoms with Crippen LogP contribution in [-0.2, 0) is 16.0 Å². The quantitative estimate of drug-likeness (QED) is 0.801. The van der Waals surface area contributed by atoms with Crippen molar-refractivity contribution < 1.29 is 9.53 Å². The van der Waals surface area contributed by atoms with E-state index in [1.54, 1.807) is 0 Å². The van der Waals surface area contributed by atoms with Crippen molar-refractivity contribution in [3.05, 3.63) is 29.8 Å². The Morgan fingerprint density at radius 2 is 2.35 bits per heavy atom. The fourth-order valence-corrected chi connectivity index (χ4v) is 2.94. The molecule has 1 aromatic rings. The Bertz CT molecular complexity index is 450. The molecule has 2 atom stereocenters. The lowest BCUT2D eigenvalue weighted by molar-refractivity contribution is -0.121. The molecule has 20 heavy (non-hydrogen) atoms. The van der Waals surface area contributed by atoms with Gasteiger partial charge in [0.25, 0.3) is 0 Å². The van der Waals surface area contributed by atoms with E-state index in [0.717, 1.165) is 36.7 Å². The Morgan fingerprint density at radius 3 is 3.10 bits per heavy atom. The predicted molar refractivity (Wildman–Crippen MR) is 85.3 cm³/mol. The lowest BCUT2D eigenvalue weighted by atomic mass is 9.98. The normalized spacial score (nSPS) is 21.9. The molecule has 0 radical (unpaired) electrons. The molecule has 2 unspecified atom stereocenters. The highest BCUT2D eigenvalue weighted by atomic mass is 79.9. The Balaban J connectivity index is 1.97. The number of amides is 1. The number of ether oxygens (including phenoxy) is 1. The number of carbonyl (C=O) groups is 1. The number of carbonyl (C=O) groups excluding carboxylic acids is 1. The highest BCUT2D eigenvalue weighted by molar-refractivity contribution is 9.09. The van der Waals surface area contributed by atoms with Crippen LogP contribution in [0.1, 0.15) is 31.7 Å². The number of benzene rings is 1. The van der Waals surface area contributed by atoms with Crippen molar-refractivity contribution in [2.24, 2.45) is 5.92 Å². The van der Waals surface area contributed by atoms with Gasteiger partial charge < -0.3 is 10.1 Å². The molecular formula is C16H22BrNO2. The first-order valence-electron chi connectivity index (χ1n) is 7.32. The summed E-state index contributed by atoms with van der Waals surface area (Å²) in [5.41, 5.74) is 2.15. The SMILES string of the molecule is CCC1OCCC1C(=O)Nc1cccc(CCCBr)c1. The van der Waals surface area contributed by atoms with Crippen LogP contribution in [0.2, 0.25) is 0 Å². The average Bonchev–Trinajstić information content (AvgIpc) is 2.94. The highest BCUT2D eigenvalue weighted by Crippen LogP contribution is 2.25. The number of hydrogen-bond acceptors (Lipinski definition) is 2. The summed E-state index contributed by atoms with van der Waals surface area (Å²) < 4.78 is 5.58. The molecule has 1 aliphatic heterocycles. The number of halogens is 1. The second-order valence-electron chi connectivity index (χ2n) is 5.19. The Kier molecular flexibility index (Phi) is 6.05. The molecule has 1 aromatic carbocycles. The lowest BCUT2D eigenvalue weighted by Crippen LogP contribution is -2.29. The Hall–Kier alpha value is -0.870. The maximum absolute atomic E-state index is 12.3. The van der Waals surface area contributed by atoms with E-state index in [4.69, 9.17) is 4.74 Å². The van der Waals surface area contributed by atoms with Crippen LogP contribution in [0, 0.1) is 5.92 Å². The average molecular weight is 340 g/mol. The van der Waals surface area contributed by atoms with Gasteiger partial charge in [-0.25, -0.2) is 0 Å². The van der Waals surface area contributed by atoms with E-state index in [-0.39, 0.29) is 17.9 Å². The summed E-state index contributed by atoms with van der Waals surface area (Å²) in [6.45, 7) is 2.76. The summed E-state index contributed by atoms with van der Waals surface area (Å²) in [7, 11) is 0. The van der Waals surface area contributed by atoms with Gasteiger partial charge in [0.15, 0.2) is 0 Å². The van der Waals surface area contributed by atoms with Gasteiger partial charge in [-0.1, -0.05) is 35.0 Å². The van der Waals surface area contributed by atoms with Crippen molar-refractivity contribution in [2.75, 3.05) is 17.3 Å². The van der Waals surface area contributed by atoms with Gasteiger partial charge in [-0.05, 0) is 43.4 Å². The second-order valence-corrected chi connectivity index (χ2v) is 5.99. The van der Waals surface area contributed by atoms with Crippen molar-refractivity contribution in [1.82, 2.24) is 0 Å². The predicted octanol–water partition coefficient (Wildman–Crippen LogP) is 3.77. The minimum atomic E-state index is -0.00815. The molecule has 3 nitrogen and oxygen atoms in total. The summed E-state index contributed by atoms with van der Waals surface area (Å²) in [5.74, 6) is 0.0817. The lowest BCUT2D eigenvalue weighted by Gasteiger charge is -2.16. The van der Waals surface area contributed by atoms with E-state index in [2.05, 4.69) is 40.3 Å². The molecular weight excluding hydrogens is 318 g/mol. The largest absolute Gasteiger partial charge is 0.377 e. The Morgan fingerprint density at radius 1 is 1.50 bits per heavy atom. The maximum Gasteiger partial charge on any atom is 0.230 e. The van der Waals surface area contributed by atoms with Crippen molar-refractivity contribution in [1.29, 1.82) is 0 Å². The minimum Gasteiger partial charge on any atom is -0.377 e. The zero-order valence-electron chi connectivity index (χ0n) is 11.9. The summed E-state index contributed by atoms with van der Waals surface area (Å²) in [4.78, 5) is 12.3. The van der Waals surface area contributed by atoms with Crippen LogP contribution in [0.25, 0.3) is 0 Å². The van der Waals surface area contributed by atoms with E-state index >= 15 is 0 Å². The van der Waals surface area contributed by atoms with Crippen LogP contribution < -0.4 is 5.32 Å². The van der Waals surface area contributed by atoms with Crippen molar-refractivity contribution in [3.63, 3.8) is 0 Å². The summed E-state index contributed by atoms with van der Waals surface area (Å²) >= 11 is 3.44. The first-order chi connectivity index (χ1) is 9.74. The van der Waals surface area contributed by atoms with Crippen LogP contribution in [0.3, 0.4) is 0 Å². The topological polar surface area (TPSA) is 38.3 Å². The monoisotopic (exact) mass is 339 g/mol. The van der Waals surface area contributed by atoms with Gasteiger partial charge in [-0.3, -0.25) is 4.79 Å². The van der Waals surface area contributed by atoms with E-state index in [9.17, 15) is 4.79 Å². The molecule has 1 amide bonds. The number of hydrogen-bond donors (Lipinski definition) is 1. The molecule has 2 rings (SSSR count). The number of anilines is 1. The number of rotatable bonds is 6. The van der Waals surface area contributed by atoms with Crippen LogP contribution in [0.5, 0.6) is 0 Å². The molecule has 110 valence electrons. The molecule has 1 N–H and O–H groups in total. The number of aryl methyl sites for hydroxylation is 1. The summed E-state index contributed by atoms with van der Waals surface area (Å²) in [6, 6.07) is 8.12. The van der Waals surface area contributed by atoms with Crippen LogP contribution in [0.15, 0.2) is 24.3 Å².